The van der Waals surface area contributed by atoms with Crippen molar-refractivity contribution < 1.29 is 8.42 Å². The first-order chi connectivity index (χ1) is 9.92. The van der Waals surface area contributed by atoms with E-state index in [0.717, 1.165) is 5.56 Å². The lowest BCUT2D eigenvalue weighted by Crippen LogP contribution is -2.13. The number of nitrogens with one attached hydrogen (secondary N) is 1. The quantitative estimate of drug-likeness (QED) is 0.865. The predicted octanol–water partition coefficient (Wildman–Crippen LogP) is 3.97. The van der Waals surface area contributed by atoms with E-state index in [1.54, 1.807) is 24.3 Å². The number of benzene rings is 2. The summed E-state index contributed by atoms with van der Waals surface area (Å²) in [6, 6.07) is 13.0. The van der Waals surface area contributed by atoms with Gasteiger partial charge in [0.1, 0.15) is 0 Å². The van der Waals surface area contributed by atoms with Crippen LogP contribution < -0.4 is 4.72 Å². The molecule has 0 aliphatic heterocycles. The first-order valence-corrected chi connectivity index (χ1v) is 8.51. The van der Waals surface area contributed by atoms with Gasteiger partial charge < -0.3 is 0 Å². The molecule has 2 aromatic rings. The number of halogens is 2. The van der Waals surface area contributed by atoms with Gasteiger partial charge in [-0.3, -0.25) is 4.72 Å². The number of sulfonamides is 1. The van der Waals surface area contributed by atoms with E-state index in [4.69, 9.17) is 16.9 Å². The minimum Gasteiger partial charge on any atom is -0.278 e. The lowest BCUT2D eigenvalue weighted by Gasteiger charge is -2.10. The monoisotopic (exact) mass is 384 g/mol. The molecule has 21 heavy (non-hydrogen) atoms. The maximum atomic E-state index is 12.3. The summed E-state index contributed by atoms with van der Waals surface area (Å²) >= 11 is 9.13. The SMILES string of the molecule is N#CCc1ccc(S(=O)(=O)Nc2cc(Cl)ccc2Br)cc1. The van der Waals surface area contributed by atoms with Crippen molar-refractivity contribution in [2.24, 2.45) is 0 Å². The molecule has 0 aliphatic carbocycles. The van der Waals surface area contributed by atoms with E-state index in [1.807, 2.05) is 6.07 Å². The van der Waals surface area contributed by atoms with E-state index in [2.05, 4.69) is 20.7 Å². The normalized spacial score (nSPS) is 10.9. The summed E-state index contributed by atoms with van der Waals surface area (Å²) in [6.07, 6.45) is 0.244. The Morgan fingerprint density at radius 3 is 2.48 bits per heavy atom. The van der Waals surface area contributed by atoms with Crippen LogP contribution in [-0.4, -0.2) is 8.42 Å². The minimum absolute atomic E-state index is 0.121. The standard InChI is InChI=1S/C14H10BrClN2O2S/c15-13-6-3-11(16)9-14(13)18-21(19,20)12-4-1-10(2-5-12)7-8-17/h1-6,9,18H,7H2. The lowest BCUT2D eigenvalue weighted by molar-refractivity contribution is 0.601. The molecule has 0 aliphatic rings. The third-order valence-corrected chi connectivity index (χ3v) is 5.00. The summed E-state index contributed by atoms with van der Waals surface area (Å²) in [7, 11) is -3.71. The summed E-state index contributed by atoms with van der Waals surface area (Å²) in [5.41, 5.74) is 1.13. The van der Waals surface area contributed by atoms with Crippen molar-refractivity contribution in [1.82, 2.24) is 0 Å². The average Bonchev–Trinajstić information content (AvgIpc) is 2.44. The zero-order valence-corrected chi connectivity index (χ0v) is 13.8. The highest BCUT2D eigenvalue weighted by Gasteiger charge is 2.15. The maximum absolute atomic E-state index is 12.3. The third-order valence-electron chi connectivity index (χ3n) is 2.69. The number of nitrogens with zero attached hydrogens (tertiary/aromatic N) is 1. The van der Waals surface area contributed by atoms with E-state index < -0.39 is 10.0 Å². The van der Waals surface area contributed by atoms with Crippen LogP contribution in [-0.2, 0) is 16.4 Å². The third kappa shape index (κ3) is 3.97. The number of nitriles is 1. The maximum Gasteiger partial charge on any atom is 0.261 e. The van der Waals surface area contributed by atoms with Crippen molar-refractivity contribution in [1.29, 1.82) is 5.26 Å². The van der Waals surface area contributed by atoms with Crippen LogP contribution in [0.25, 0.3) is 0 Å². The molecule has 0 fully saturated rings. The van der Waals surface area contributed by atoms with Gasteiger partial charge >= 0.3 is 0 Å². The molecule has 0 spiro atoms. The van der Waals surface area contributed by atoms with Crippen LogP contribution in [0.1, 0.15) is 5.56 Å². The fourth-order valence-corrected chi connectivity index (χ4v) is 3.38. The molecule has 0 saturated heterocycles. The molecule has 7 heteroatoms. The van der Waals surface area contributed by atoms with Gasteiger partial charge in [-0.2, -0.15) is 5.26 Å². The number of hydrogen-bond donors (Lipinski definition) is 1. The van der Waals surface area contributed by atoms with E-state index in [0.29, 0.717) is 15.2 Å². The summed E-state index contributed by atoms with van der Waals surface area (Å²) < 4.78 is 27.7. The van der Waals surface area contributed by atoms with Gasteiger partial charge in [0.15, 0.2) is 0 Å². The van der Waals surface area contributed by atoms with Crippen LogP contribution in [0.15, 0.2) is 51.8 Å². The van der Waals surface area contributed by atoms with E-state index in [1.165, 1.54) is 18.2 Å². The lowest BCUT2D eigenvalue weighted by atomic mass is 10.2. The largest absolute Gasteiger partial charge is 0.278 e. The summed E-state index contributed by atoms with van der Waals surface area (Å²) in [5, 5.41) is 9.03. The van der Waals surface area contributed by atoms with Crippen molar-refractivity contribution >= 4 is 43.2 Å². The van der Waals surface area contributed by atoms with Gasteiger partial charge in [0.2, 0.25) is 0 Å². The second kappa shape index (κ2) is 6.48. The van der Waals surface area contributed by atoms with Crippen LogP contribution >= 0.6 is 27.5 Å². The predicted molar refractivity (Wildman–Crippen MR) is 85.7 cm³/mol. The molecular formula is C14H10BrClN2O2S. The van der Waals surface area contributed by atoms with Gasteiger partial charge in [-0.1, -0.05) is 23.7 Å². The van der Waals surface area contributed by atoms with Crippen LogP contribution in [0, 0.1) is 11.3 Å². The highest BCUT2D eigenvalue weighted by Crippen LogP contribution is 2.28. The fourth-order valence-electron chi connectivity index (χ4n) is 1.66. The van der Waals surface area contributed by atoms with Crippen molar-refractivity contribution in [3.8, 4) is 6.07 Å². The molecule has 108 valence electrons. The summed E-state index contributed by atoms with van der Waals surface area (Å²) in [6.45, 7) is 0. The second-order valence-electron chi connectivity index (χ2n) is 4.21. The first-order valence-electron chi connectivity index (χ1n) is 5.86. The molecule has 1 N–H and O–H groups in total. The van der Waals surface area contributed by atoms with Crippen molar-refractivity contribution in [2.45, 2.75) is 11.3 Å². The van der Waals surface area contributed by atoms with Gasteiger partial charge in [0.05, 0.1) is 23.1 Å². The molecule has 0 heterocycles. The fraction of sp³-hybridized carbons (Fsp3) is 0.0714. The molecule has 0 amide bonds. The number of rotatable bonds is 4. The van der Waals surface area contributed by atoms with E-state index in [9.17, 15) is 8.42 Å². The van der Waals surface area contributed by atoms with E-state index in [-0.39, 0.29) is 11.3 Å². The molecule has 2 rings (SSSR count). The topological polar surface area (TPSA) is 70.0 Å². The second-order valence-corrected chi connectivity index (χ2v) is 7.18. The van der Waals surface area contributed by atoms with Gasteiger partial charge in [-0.05, 0) is 51.8 Å². The molecular weight excluding hydrogens is 376 g/mol. The van der Waals surface area contributed by atoms with Gasteiger partial charge in [-0.15, -0.1) is 0 Å². The summed E-state index contributed by atoms with van der Waals surface area (Å²) in [5.74, 6) is 0. The van der Waals surface area contributed by atoms with Crippen LogP contribution in [0.3, 0.4) is 0 Å². The Balaban J connectivity index is 2.30. The van der Waals surface area contributed by atoms with Crippen molar-refractivity contribution in [2.75, 3.05) is 4.72 Å². The molecule has 0 radical (unpaired) electrons. The van der Waals surface area contributed by atoms with Crippen LogP contribution in [0.5, 0.6) is 0 Å². The Morgan fingerprint density at radius 2 is 1.86 bits per heavy atom. The van der Waals surface area contributed by atoms with Crippen LogP contribution in [0.4, 0.5) is 5.69 Å². The number of hydrogen-bond acceptors (Lipinski definition) is 3. The van der Waals surface area contributed by atoms with E-state index >= 15 is 0 Å². The zero-order chi connectivity index (χ0) is 15.5. The van der Waals surface area contributed by atoms with Crippen molar-refractivity contribution in [3.05, 3.63) is 57.5 Å². The van der Waals surface area contributed by atoms with Gasteiger partial charge in [0, 0.05) is 9.50 Å². The molecule has 0 aromatic heterocycles. The minimum atomic E-state index is -3.71. The molecule has 0 unspecified atom stereocenters. The Morgan fingerprint density at radius 1 is 1.19 bits per heavy atom. The Kier molecular flexibility index (Phi) is 4.88. The molecule has 0 bridgehead atoms. The Bertz CT molecular complexity index is 799. The zero-order valence-electron chi connectivity index (χ0n) is 10.7. The Labute approximate surface area is 136 Å². The highest BCUT2D eigenvalue weighted by molar-refractivity contribution is 9.10. The van der Waals surface area contributed by atoms with Gasteiger partial charge in [0.25, 0.3) is 10.0 Å². The van der Waals surface area contributed by atoms with Gasteiger partial charge in [-0.25, -0.2) is 8.42 Å². The smallest absolute Gasteiger partial charge is 0.261 e. The Hall–Kier alpha value is -1.55. The molecule has 4 nitrogen and oxygen atoms in total. The molecule has 0 saturated carbocycles. The highest BCUT2D eigenvalue weighted by atomic mass is 79.9. The summed E-state index contributed by atoms with van der Waals surface area (Å²) in [4.78, 5) is 0.121. The number of anilines is 1. The van der Waals surface area contributed by atoms with Crippen molar-refractivity contribution in [3.63, 3.8) is 0 Å². The molecule has 0 atom stereocenters. The van der Waals surface area contributed by atoms with Crippen LogP contribution in [0.2, 0.25) is 5.02 Å². The first kappa shape index (κ1) is 15.8. The molecule has 2 aromatic carbocycles. The average molecular weight is 386 g/mol.